The number of anilines is 1. The van der Waals surface area contributed by atoms with Crippen LogP contribution in [0.1, 0.15) is 0 Å². The Kier molecular flexibility index (Phi) is 4.70. The highest BCUT2D eigenvalue weighted by Crippen LogP contribution is 2.30. The molecule has 25 heavy (non-hydrogen) atoms. The van der Waals surface area contributed by atoms with Gasteiger partial charge >= 0.3 is 0 Å². The second-order valence-electron chi connectivity index (χ2n) is 6.24. The summed E-state index contributed by atoms with van der Waals surface area (Å²) in [5.41, 5.74) is 3.18. The van der Waals surface area contributed by atoms with Crippen molar-refractivity contribution >= 4 is 28.8 Å². The molecule has 3 heterocycles. The highest BCUT2D eigenvalue weighted by molar-refractivity contribution is 7.13. The molecule has 0 unspecified atom stereocenters. The number of halogens is 1. The molecule has 128 valence electrons. The fraction of sp³-hybridized carbons (Fsp3) is 0.263. The number of rotatable bonds is 3. The van der Waals surface area contributed by atoms with Crippen LogP contribution in [0.4, 0.5) is 5.82 Å². The van der Waals surface area contributed by atoms with Gasteiger partial charge in [0.2, 0.25) is 0 Å². The van der Waals surface area contributed by atoms with Gasteiger partial charge in [-0.1, -0.05) is 23.7 Å². The van der Waals surface area contributed by atoms with E-state index in [0.29, 0.717) is 0 Å². The Labute approximate surface area is 156 Å². The number of hydrogen-bond acceptors (Lipinski definition) is 5. The van der Waals surface area contributed by atoms with Gasteiger partial charge in [0.25, 0.3) is 0 Å². The third-order valence-corrected chi connectivity index (χ3v) is 5.61. The minimum Gasteiger partial charge on any atom is -0.354 e. The minimum atomic E-state index is 0.741. The number of likely N-dealkylation sites (N-methyl/N-ethyl adjacent to an activating group) is 1. The number of pyridine rings is 1. The molecule has 0 N–H and O–H groups in total. The Bertz CT molecular complexity index is 854. The van der Waals surface area contributed by atoms with E-state index in [4.69, 9.17) is 16.6 Å². The van der Waals surface area contributed by atoms with Gasteiger partial charge in [-0.25, -0.2) is 9.97 Å². The lowest BCUT2D eigenvalue weighted by Crippen LogP contribution is -2.44. The predicted octanol–water partition coefficient (Wildman–Crippen LogP) is 4.28. The molecule has 2 aromatic heterocycles. The molecule has 0 radical (unpaired) electrons. The maximum Gasteiger partial charge on any atom is 0.129 e. The van der Waals surface area contributed by atoms with Crippen LogP contribution in [0.3, 0.4) is 0 Å². The standard InChI is InChI=1S/C19H19ClN4S/c1-23-8-10-24(11-9-23)18-12-15(6-7-21-18)19-22-17(13-25-19)14-2-4-16(20)5-3-14/h2-7,12-13H,8-11H2,1H3. The molecule has 4 rings (SSSR count). The SMILES string of the molecule is CN1CCN(c2cc(-c3nc(-c4ccc(Cl)cc4)cs3)ccn2)CC1. The van der Waals surface area contributed by atoms with E-state index in [1.807, 2.05) is 36.5 Å². The largest absolute Gasteiger partial charge is 0.354 e. The van der Waals surface area contributed by atoms with Crippen LogP contribution < -0.4 is 4.90 Å². The third kappa shape index (κ3) is 3.68. The summed E-state index contributed by atoms with van der Waals surface area (Å²) in [6.07, 6.45) is 1.88. The van der Waals surface area contributed by atoms with Crippen molar-refractivity contribution < 1.29 is 0 Å². The Morgan fingerprint density at radius 2 is 1.76 bits per heavy atom. The molecule has 1 fully saturated rings. The van der Waals surface area contributed by atoms with E-state index in [0.717, 1.165) is 58.8 Å². The maximum absolute atomic E-state index is 5.97. The zero-order valence-electron chi connectivity index (χ0n) is 14.0. The van der Waals surface area contributed by atoms with E-state index in [-0.39, 0.29) is 0 Å². The van der Waals surface area contributed by atoms with Crippen molar-refractivity contribution in [1.29, 1.82) is 0 Å². The highest BCUT2D eigenvalue weighted by Gasteiger charge is 2.16. The second-order valence-corrected chi connectivity index (χ2v) is 7.53. The molecule has 3 aromatic rings. The molecular weight excluding hydrogens is 352 g/mol. The first-order valence-corrected chi connectivity index (χ1v) is 9.56. The highest BCUT2D eigenvalue weighted by atomic mass is 35.5. The molecule has 0 spiro atoms. The van der Waals surface area contributed by atoms with Gasteiger partial charge < -0.3 is 9.80 Å². The lowest BCUT2D eigenvalue weighted by molar-refractivity contribution is 0.312. The lowest BCUT2D eigenvalue weighted by Gasteiger charge is -2.33. The first-order valence-electron chi connectivity index (χ1n) is 8.30. The van der Waals surface area contributed by atoms with Crippen molar-refractivity contribution in [3.8, 4) is 21.8 Å². The monoisotopic (exact) mass is 370 g/mol. The molecule has 1 aliphatic rings. The Morgan fingerprint density at radius 3 is 2.52 bits per heavy atom. The summed E-state index contributed by atoms with van der Waals surface area (Å²) in [6, 6.07) is 12.0. The first-order chi connectivity index (χ1) is 12.2. The number of thiazole rings is 1. The Morgan fingerprint density at radius 1 is 1.00 bits per heavy atom. The smallest absolute Gasteiger partial charge is 0.129 e. The summed E-state index contributed by atoms with van der Waals surface area (Å²) in [5.74, 6) is 1.04. The molecule has 0 saturated carbocycles. The van der Waals surface area contributed by atoms with Gasteiger partial charge in [-0.2, -0.15) is 0 Å². The molecule has 0 aliphatic carbocycles. The molecule has 4 nitrogen and oxygen atoms in total. The summed E-state index contributed by atoms with van der Waals surface area (Å²) < 4.78 is 0. The van der Waals surface area contributed by atoms with E-state index in [9.17, 15) is 0 Å². The van der Waals surface area contributed by atoms with Crippen LogP contribution in [-0.2, 0) is 0 Å². The van der Waals surface area contributed by atoms with Gasteiger partial charge in [-0.3, -0.25) is 0 Å². The molecule has 1 saturated heterocycles. The Hall–Kier alpha value is -1.95. The van der Waals surface area contributed by atoms with E-state index in [1.54, 1.807) is 11.3 Å². The fourth-order valence-corrected chi connectivity index (χ4v) is 3.87. The van der Waals surface area contributed by atoms with Crippen LogP contribution in [0, 0.1) is 0 Å². The van der Waals surface area contributed by atoms with Gasteiger partial charge in [0.05, 0.1) is 5.69 Å². The molecule has 6 heteroatoms. The summed E-state index contributed by atoms with van der Waals surface area (Å²) in [4.78, 5) is 14.0. The number of aromatic nitrogens is 2. The van der Waals surface area contributed by atoms with Gasteiger partial charge in [-0.15, -0.1) is 11.3 Å². The van der Waals surface area contributed by atoms with Crippen molar-refractivity contribution in [2.45, 2.75) is 0 Å². The quantitative estimate of drug-likeness (QED) is 0.689. The lowest BCUT2D eigenvalue weighted by atomic mass is 10.2. The van der Waals surface area contributed by atoms with Crippen LogP contribution in [0.25, 0.3) is 21.8 Å². The van der Waals surface area contributed by atoms with Gasteiger partial charge in [0, 0.05) is 53.9 Å². The summed E-state index contributed by atoms with van der Waals surface area (Å²) in [7, 11) is 2.16. The minimum absolute atomic E-state index is 0.741. The van der Waals surface area contributed by atoms with Crippen molar-refractivity contribution in [3.05, 3.63) is 53.0 Å². The van der Waals surface area contributed by atoms with Crippen LogP contribution >= 0.6 is 22.9 Å². The van der Waals surface area contributed by atoms with E-state index in [2.05, 4.69) is 33.3 Å². The van der Waals surface area contributed by atoms with Crippen molar-refractivity contribution in [1.82, 2.24) is 14.9 Å². The average Bonchev–Trinajstić information content (AvgIpc) is 3.13. The van der Waals surface area contributed by atoms with Crippen LogP contribution in [0.2, 0.25) is 5.02 Å². The summed E-state index contributed by atoms with van der Waals surface area (Å²) in [6.45, 7) is 4.18. The zero-order valence-corrected chi connectivity index (χ0v) is 15.6. The normalized spacial score (nSPS) is 15.5. The fourth-order valence-electron chi connectivity index (χ4n) is 2.92. The van der Waals surface area contributed by atoms with Crippen LogP contribution in [0.5, 0.6) is 0 Å². The molecule has 0 atom stereocenters. The van der Waals surface area contributed by atoms with E-state index >= 15 is 0 Å². The van der Waals surface area contributed by atoms with Crippen molar-refractivity contribution in [2.75, 3.05) is 38.1 Å². The molecular formula is C19H19ClN4S. The van der Waals surface area contributed by atoms with Crippen molar-refractivity contribution in [2.24, 2.45) is 0 Å². The van der Waals surface area contributed by atoms with E-state index in [1.165, 1.54) is 0 Å². The van der Waals surface area contributed by atoms with E-state index < -0.39 is 0 Å². The number of nitrogens with zero attached hydrogens (tertiary/aromatic N) is 4. The van der Waals surface area contributed by atoms with Crippen LogP contribution in [0.15, 0.2) is 48.0 Å². The first kappa shape index (κ1) is 16.5. The average molecular weight is 371 g/mol. The molecule has 0 bridgehead atoms. The summed E-state index contributed by atoms with van der Waals surface area (Å²) in [5, 5.41) is 3.85. The topological polar surface area (TPSA) is 32.3 Å². The number of benzene rings is 1. The molecule has 0 amide bonds. The second kappa shape index (κ2) is 7.12. The summed E-state index contributed by atoms with van der Waals surface area (Å²) >= 11 is 7.63. The molecule has 1 aliphatic heterocycles. The van der Waals surface area contributed by atoms with Crippen LogP contribution in [-0.4, -0.2) is 48.1 Å². The zero-order chi connectivity index (χ0) is 17.2. The number of hydrogen-bond donors (Lipinski definition) is 0. The van der Waals surface area contributed by atoms with Gasteiger partial charge in [-0.05, 0) is 31.3 Å². The maximum atomic E-state index is 5.97. The van der Waals surface area contributed by atoms with Gasteiger partial charge in [0.1, 0.15) is 10.8 Å². The molecule has 1 aromatic carbocycles. The number of piperazine rings is 1. The Balaban J connectivity index is 1.58. The predicted molar refractivity (Wildman–Crippen MR) is 106 cm³/mol. The van der Waals surface area contributed by atoms with Gasteiger partial charge in [0.15, 0.2) is 0 Å². The third-order valence-electron chi connectivity index (χ3n) is 4.46. The van der Waals surface area contributed by atoms with Crippen molar-refractivity contribution in [3.63, 3.8) is 0 Å².